The fourth-order valence-electron chi connectivity index (χ4n) is 3.59. The number of anilines is 1. The maximum Gasteiger partial charge on any atom is 0.164 e. The van der Waals surface area contributed by atoms with Gasteiger partial charge in [-0.15, -0.1) is 0 Å². The van der Waals surface area contributed by atoms with Crippen LogP contribution in [-0.4, -0.2) is 25.2 Å². The van der Waals surface area contributed by atoms with Gasteiger partial charge in [-0.05, 0) is 41.9 Å². The lowest BCUT2D eigenvalue weighted by Gasteiger charge is -2.35. The SMILES string of the molecule is CN1Cc2c(Cl)cc(Cl)cc2[C@H](c2ccccc2N2C=COC2)C1. The molecule has 124 valence electrons. The van der Waals surface area contributed by atoms with Gasteiger partial charge in [0.1, 0.15) is 6.26 Å². The van der Waals surface area contributed by atoms with Gasteiger partial charge in [0.2, 0.25) is 0 Å². The zero-order valence-corrected chi connectivity index (χ0v) is 14.9. The highest BCUT2D eigenvalue weighted by molar-refractivity contribution is 6.35. The van der Waals surface area contributed by atoms with Gasteiger partial charge in [-0.3, -0.25) is 0 Å². The molecule has 0 fully saturated rings. The predicted molar refractivity (Wildman–Crippen MR) is 98.7 cm³/mol. The zero-order valence-electron chi connectivity index (χ0n) is 13.4. The Labute approximate surface area is 152 Å². The monoisotopic (exact) mass is 360 g/mol. The fourth-order valence-corrected chi connectivity index (χ4v) is 4.16. The molecular weight excluding hydrogens is 343 g/mol. The summed E-state index contributed by atoms with van der Waals surface area (Å²) in [5.74, 6) is 0.222. The van der Waals surface area contributed by atoms with Crippen LogP contribution in [0.3, 0.4) is 0 Å². The summed E-state index contributed by atoms with van der Waals surface area (Å²) >= 11 is 12.8. The van der Waals surface area contributed by atoms with Crippen molar-refractivity contribution in [2.75, 3.05) is 25.2 Å². The Morgan fingerprint density at radius 2 is 1.96 bits per heavy atom. The van der Waals surface area contributed by atoms with Gasteiger partial charge in [-0.2, -0.15) is 0 Å². The first-order valence-corrected chi connectivity index (χ1v) is 8.69. The Balaban J connectivity index is 1.85. The average Bonchev–Trinajstić information content (AvgIpc) is 3.09. The van der Waals surface area contributed by atoms with E-state index >= 15 is 0 Å². The summed E-state index contributed by atoms with van der Waals surface area (Å²) in [6.07, 6.45) is 3.70. The summed E-state index contributed by atoms with van der Waals surface area (Å²) in [5.41, 5.74) is 4.82. The van der Waals surface area contributed by atoms with E-state index < -0.39 is 0 Å². The molecular formula is C19H18Cl2N2O. The minimum atomic E-state index is 0.222. The standard InChI is InChI=1S/C19H18Cl2N2O/c1-22-10-16(15-8-13(20)9-18(21)17(15)11-22)14-4-2-3-5-19(14)23-6-7-24-12-23/h2-9,16H,10-12H2,1H3/t16-/m0/s1. The van der Waals surface area contributed by atoms with Crippen LogP contribution >= 0.6 is 23.2 Å². The molecule has 0 saturated heterocycles. The first-order valence-electron chi connectivity index (χ1n) is 7.93. The molecule has 0 saturated carbocycles. The second-order valence-electron chi connectivity index (χ2n) is 6.31. The summed E-state index contributed by atoms with van der Waals surface area (Å²) < 4.78 is 5.38. The maximum atomic E-state index is 6.48. The molecule has 2 aromatic carbocycles. The number of nitrogens with zero attached hydrogens (tertiary/aromatic N) is 2. The Morgan fingerprint density at radius 1 is 1.12 bits per heavy atom. The summed E-state index contributed by atoms with van der Waals surface area (Å²) in [6.45, 7) is 2.32. The molecule has 0 N–H and O–H groups in total. The molecule has 0 unspecified atom stereocenters. The van der Waals surface area contributed by atoms with Crippen molar-refractivity contribution in [3.05, 3.63) is 75.6 Å². The number of benzene rings is 2. The lowest BCUT2D eigenvalue weighted by Crippen LogP contribution is -2.32. The minimum absolute atomic E-state index is 0.222. The third kappa shape index (κ3) is 2.77. The van der Waals surface area contributed by atoms with Crippen molar-refractivity contribution in [3.8, 4) is 0 Å². The van der Waals surface area contributed by atoms with Crippen molar-refractivity contribution in [1.29, 1.82) is 0 Å². The van der Waals surface area contributed by atoms with Gasteiger partial charge < -0.3 is 14.5 Å². The van der Waals surface area contributed by atoms with Crippen LogP contribution in [0.15, 0.2) is 48.9 Å². The zero-order chi connectivity index (χ0) is 16.7. The third-order valence-electron chi connectivity index (χ3n) is 4.66. The van der Waals surface area contributed by atoms with Gasteiger partial charge in [0.15, 0.2) is 6.73 Å². The maximum absolute atomic E-state index is 6.48. The van der Waals surface area contributed by atoms with E-state index in [1.165, 1.54) is 16.7 Å². The van der Waals surface area contributed by atoms with Crippen LogP contribution in [0.4, 0.5) is 5.69 Å². The van der Waals surface area contributed by atoms with Gasteiger partial charge in [0, 0.05) is 40.9 Å². The molecule has 2 heterocycles. The number of ether oxygens (including phenoxy) is 1. The minimum Gasteiger partial charge on any atom is -0.479 e. The van der Waals surface area contributed by atoms with E-state index in [2.05, 4.69) is 47.2 Å². The average molecular weight is 361 g/mol. The molecule has 2 aliphatic heterocycles. The van der Waals surface area contributed by atoms with Crippen LogP contribution in [0.25, 0.3) is 0 Å². The van der Waals surface area contributed by atoms with Gasteiger partial charge in [0.25, 0.3) is 0 Å². The Morgan fingerprint density at radius 3 is 2.75 bits per heavy atom. The highest BCUT2D eigenvalue weighted by Gasteiger charge is 2.29. The van der Waals surface area contributed by atoms with Crippen molar-refractivity contribution in [2.24, 2.45) is 0 Å². The van der Waals surface area contributed by atoms with E-state index in [1.807, 2.05) is 12.3 Å². The first kappa shape index (κ1) is 15.8. The van der Waals surface area contributed by atoms with Crippen LogP contribution in [0.2, 0.25) is 10.0 Å². The van der Waals surface area contributed by atoms with E-state index in [1.54, 1.807) is 6.26 Å². The molecule has 0 aromatic heterocycles. The van der Waals surface area contributed by atoms with E-state index in [9.17, 15) is 0 Å². The molecule has 3 nitrogen and oxygen atoms in total. The van der Waals surface area contributed by atoms with Crippen molar-refractivity contribution < 1.29 is 4.74 Å². The molecule has 4 rings (SSSR count). The Hall–Kier alpha value is -1.68. The molecule has 0 bridgehead atoms. The second kappa shape index (κ2) is 6.32. The molecule has 2 aliphatic rings. The number of halogens is 2. The topological polar surface area (TPSA) is 15.7 Å². The normalized spacial score (nSPS) is 20.1. The second-order valence-corrected chi connectivity index (χ2v) is 7.16. The number of likely N-dealkylation sites (N-methyl/N-ethyl adjacent to an activating group) is 1. The number of fused-ring (bicyclic) bond motifs is 1. The number of para-hydroxylation sites is 1. The van der Waals surface area contributed by atoms with E-state index in [0.29, 0.717) is 11.8 Å². The number of hydrogen-bond donors (Lipinski definition) is 0. The molecule has 24 heavy (non-hydrogen) atoms. The summed E-state index contributed by atoms with van der Waals surface area (Å²) in [6, 6.07) is 12.4. The summed E-state index contributed by atoms with van der Waals surface area (Å²) in [4.78, 5) is 4.43. The van der Waals surface area contributed by atoms with Gasteiger partial charge in [-0.1, -0.05) is 41.4 Å². The molecule has 5 heteroatoms. The fraction of sp³-hybridized carbons (Fsp3) is 0.263. The lowest BCUT2D eigenvalue weighted by atomic mass is 9.84. The third-order valence-corrected chi connectivity index (χ3v) is 5.22. The molecule has 0 aliphatic carbocycles. The van der Waals surface area contributed by atoms with Crippen molar-refractivity contribution in [3.63, 3.8) is 0 Å². The lowest BCUT2D eigenvalue weighted by molar-refractivity contribution is 0.281. The van der Waals surface area contributed by atoms with Gasteiger partial charge >= 0.3 is 0 Å². The van der Waals surface area contributed by atoms with E-state index in [4.69, 9.17) is 27.9 Å². The predicted octanol–water partition coefficient (Wildman–Crippen LogP) is 4.84. The highest BCUT2D eigenvalue weighted by Crippen LogP contribution is 2.41. The molecule has 0 radical (unpaired) electrons. The Kier molecular flexibility index (Phi) is 4.17. The molecule has 2 aromatic rings. The summed E-state index contributed by atoms with van der Waals surface area (Å²) in [7, 11) is 2.13. The van der Waals surface area contributed by atoms with Crippen LogP contribution < -0.4 is 4.90 Å². The van der Waals surface area contributed by atoms with Crippen LogP contribution in [0.5, 0.6) is 0 Å². The largest absolute Gasteiger partial charge is 0.479 e. The number of rotatable bonds is 2. The van der Waals surface area contributed by atoms with Gasteiger partial charge in [0.05, 0.1) is 0 Å². The Bertz CT molecular complexity index is 806. The van der Waals surface area contributed by atoms with Crippen LogP contribution in [0.1, 0.15) is 22.6 Å². The van der Waals surface area contributed by atoms with Crippen molar-refractivity contribution in [1.82, 2.24) is 4.90 Å². The smallest absolute Gasteiger partial charge is 0.164 e. The quantitative estimate of drug-likeness (QED) is 0.762. The van der Waals surface area contributed by atoms with Crippen LogP contribution in [0, 0.1) is 0 Å². The number of hydrogen-bond acceptors (Lipinski definition) is 3. The van der Waals surface area contributed by atoms with Crippen molar-refractivity contribution in [2.45, 2.75) is 12.5 Å². The highest BCUT2D eigenvalue weighted by atomic mass is 35.5. The van der Waals surface area contributed by atoms with E-state index in [0.717, 1.165) is 23.8 Å². The first-order chi connectivity index (χ1) is 11.6. The summed E-state index contributed by atoms with van der Waals surface area (Å²) in [5, 5.41) is 1.44. The molecule has 1 atom stereocenters. The van der Waals surface area contributed by atoms with E-state index in [-0.39, 0.29) is 5.92 Å². The van der Waals surface area contributed by atoms with Crippen LogP contribution in [-0.2, 0) is 11.3 Å². The molecule has 0 spiro atoms. The molecule has 0 amide bonds. The van der Waals surface area contributed by atoms with Crippen molar-refractivity contribution >= 4 is 28.9 Å². The van der Waals surface area contributed by atoms with Gasteiger partial charge in [-0.25, -0.2) is 0 Å².